The van der Waals surface area contributed by atoms with Gasteiger partial charge in [0, 0.05) is 12.3 Å². The maximum absolute atomic E-state index is 10.7. The first-order valence-electron chi connectivity index (χ1n) is 4.14. The summed E-state index contributed by atoms with van der Waals surface area (Å²) in [7, 11) is 0. The van der Waals surface area contributed by atoms with Crippen LogP contribution < -0.4 is 5.32 Å². The average molecular weight is 198 g/mol. The quantitative estimate of drug-likeness (QED) is 0.753. The predicted octanol–water partition coefficient (Wildman–Crippen LogP) is 2.40. The highest BCUT2D eigenvalue weighted by Crippen LogP contribution is 2.26. The molecule has 0 aliphatic heterocycles. The van der Waals surface area contributed by atoms with Gasteiger partial charge in [0.05, 0.1) is 5.69 Å². The number of rotatable bonds is 1. The van der Waals surface area contributed by atoms with Gasteiger partial charge in [-0.25, -0.2) is 0 Å². The maximum Gasteiger partial charge on any atom is 0.221 e. The molecule has 0 aliphatic carbocycles. The summed E-state index contributed by atoms with van der Waals surface area (Å²) in [6.45, 7) is 7.79. The van der Waals surface area contributed by atoms with Gasteiger partial charge in [0.1, 0.15) is 5.00 Å². The van der Waals surface area contributed by atoms with Crippen molar-refractivity contribution in [3.05, 3.63) is 11.8 Å². The van der Waals surface area contributed by atoms with Crippen LogP contribution in [0.4, 0.5) is 5.00 Å². The van der Waals surface area contributed by atoms with E-state index in [-0.39, 0.29) is 11.3 Å². The number of hydrogen-bond donors (Lipinski definition) is 1. The lowest BCUT2D eigenvalue weighted by Gasteiger charge is -2.13. The van der Waals surface area contributed by atoms with Gasteiger partial charge in [0.25, 0.3) is 0 Å². The molecule has 1 aromatic heterocycles. The van der Waals surface area contributed by atoms with Gasteiger partial charge in [0.2, 0.25) is 5.91 Å². The van der Waals surface area contributed by atoms with Gasteiger partial charge in [-0.05, 0) is 17.6 Å². The van der Waals surface area contributed by atoms with Crippen LogP contribution in [0.15, 0.2) is 6.07 Å². The number of carbonyl (C=O) groups is 1. The number of nitrogens with one attached hydrogen (secondary N) is 1. The molecule has 1 rings (SSSR count). The molecule has 0 aliphatic rings. The Bertz CT molecular complexity index is 312. The van der Waals surface area contributed by atoms with Gasteiger partial charge < -0.3 is 5.32 Å². The van der Waals surface area contributed by atoms with E-state index in [0.717, 1.165) is 10.7 Å². The van der Waals surface area contributed by atoms with E-state index in [4.69, 9.17) is 0 Å². The highest BCUT2D eigenvalue weighted by Gasteiger charge is 2.17. The summed E-state index contributed by atoms with van der Waals surface area (Å²) < 4.78 is 4.27. The van der Waals surface area contributed by atoms with Crippen LogP contribution in [0.1, 0.15) is 33.4 Å². The van der Waals surface area contributed by atoms with Crippen LogP contribution in [-0.2, 0) is 10.2 Å². The minimum atomic E-state index is -0.0518. The Morgan fingerprint density at radius 2 is 2.15 bits per heavy atom. The van der Waals surface area contributed by atoms with Gasteiger partial charge >= 0.3 is 0 Å². The van der Waals surface area contributed by atoms with Crippen molar-refractivity contribution in [1.82, 2.24) is 4.37 Å². The molecule has 72 valence electrons. The number of nitrogens with zero attached hydrogens (tertiary/aromatic N) is 1. The molecule has 13 heavy (non-hydrogen) atoms. The Hall–Kier alpha value is -0.900. The highest BCUT2D eigenvalue weighted by molar-refractivity contribution is 7.10. The van der Waals surface area contributed by atoms with Gasteiger partial charge in [-0.1, -0.05) is 20.8 Å². The highest BCUT2D eigenvalue weighted by atomic mass is 32.1. The Kier molecular flexibility index (Phi) is 2.71. The third kappa shape index (κ3) is 2.81. The van der Waals surface area contributed by atoms with Gasteiger partial charge in [-0.3, -0.25) is 4.79 Å². The zero-order valence-electron chi connectivity index (χ0n) is 8.34. The Balaban J connectivity index is 2.81. The van der Waals surface area contributed by atoms with E-state index in [1.807, 2.05) is 6.07 Å². The van der Waals surface area contributed by atoms with Crippen molar-refractivity contribution in [2.75, 3.05) is 5.32 Å². The van der Waals surface area contributed by atoms with E-state index in [1.54, 1.807) is 0 Å². The van der Waals surface area contributed by atoms with Gasteiger partial charge in [-0.2, -0.15) is 4.37 Å². The normalized spacial score (nSPS) is 11.4. The average Bonchev–Trinajstić information content (AvgIpc) is 2.32. The first kappa shape index (κ1) is 10.2. The molecular weight excluding hydrogens is 184 g/mol. The Labute approximate surface area is 82.3 Å². The molecule has 0 atom stereocenters. The minimum absolute atomic E-state index is 0.0488. The molecule has 0 unspecified atom stereocenters. The molecule has 0 aromatic carbocycles. The summed E-state index contributed by atoms with van der Waals surface area (Å²) in [6.07, 6.45) is 0. The molecule has 0 fully saturated rings. The van der Waals surface area contributed by atoms with E-state index >= 15 is 0 Å². The largest absolute Gasteiger partial charge is 0.317 e. The topological polar surface area (TPSA) is 42.0 Å². The summed E-state index contributed by atoms with van der Waals surface area (Å²) in [5.74, 6) is -0.0518. The third-order valence-electron chi connectivity index (χ3n) is 1.58. The molecule has 0 bridgehead atoms. The second kappa shape index (κ2) is 3.46. The number of amides is 1. The van der Waals surface area contributed by atoms with Crippen molar-refractivity contribution in [3.63, 3.8) is 0 Å². The van der Waals surface area contributed by atoms with Crippen LogP contribution in [0.3, 0.4) is 0 Å². The van der Waals surface area contributed by atoms with E-state index in [1.165, 1.54) is 18.5 Å². The van der Waals surface area contributed by atoms with Crippen molar-refractivity contribution in [2.45, 2.75) is 33.1 Å². The molecule has 3 nitrogen and oxygen atoms in total. The second-order valence-corrected chi connectivity index (χ2v) is 4.81. The van der Waals surface area contributed by atoms with Crippen LogP contribution in [0, 0.1) is 0 Å². The van der Waals surface area contributed by atoms with Crippen LogP contribution in [0.5, 0.6) is 0 Å². The van der Waals surface area contributed by atoms with Crippen molar-refractivity contribution < 1.29 is 4.79 Å². The Morgan fingerprint density at radius 3 is 2.54 bits per heavy atom. The van der Waals surface area contributed by atoms with E-state index < -0.39 is 0 Å². The van der Waals surface area contributed by atoms with Crippen LogP contribution in [0.25, 0.3) is 0 Å². The molecule has 0 saturated heterocycles. The molecule has 0 saturated carbocycles. The second-order valence-electron chi connectivity index (χ2n) is 4.01. The van der Waals surface area contributed by atoms with E-state index in [0.29, 0.717) is 0 Å². The number of aromatic nitrogens is 1. The number of anilines is 1. The predicted molar refractivity (Wildman–Crippen MR) is 55.1 cm³/mol. The van der Waals surface area contributed by atoms with Gasteiger partial charge in [-0.15, -0.1) is 0 Å². The first-order chi connectivity index (χ1) is 5.89. The molecule has 0 spiro atoms. The summed E-state index contributed by atoms with van der Waals surface area (Å²) in [4.78, 5) is 10.7. The van der Waals surface area contributed by atoms with Crippen molar-refractivity contribution in [3.8, 4) is 0 Å². The monoisotopic (exact) mass is 198 g/mol. The third-order valence-corrected chi connectivity index (χ3v) is 2.28. The molecule has 1 N–H and O–H groups in total. The van der Waals surface area contributed by atoms with E-state index in [2.05, 4.69) is 30.5 Å². The molecule has 1 amide bonds. The molecule has 1 heterocycles. The Morgan fingerprint density at radius 1 is 1.54 bits per heavy atom. The molecule has 0 radical (unpaired) electrons. The lowest BCUT2D eigenvalue weighted by molar-refractivity contribution is -0.114. The molecular formula is C9H14N2OS. The van der Waals surface area contributed by atoms with Crippen LogP contribution >= 0.6 is 11.5 Å². The summed E-state index contributed by atoms with van der Waals surface area (Å²) in [5, 5.41) is 3.53. The summed E-state index contributed by atoms with van der Waals surface area (Å²) in [6, 6.07) is 1.92. The lowest BCUT2D eigenvalue weighted by Crippen LogP contribution is -2.11. The molecule has 4 heteroatoms. The minimum Gasteiger partial charge on any atom is -0.317 e. The number of carbonyl (C=O) groups excluding carboxylic acids is 1. The fourth-order valence-corrected chi connectivity index (χ4v) is 1.74. The number of hydrogen-bond acceptors (Lipinski definition) is 3. The van der Waals surface area contributed by atoms with Crippen molar-refractivity contribution in [1.29, 1.82) is 0 Å². The van der Waals surface area contributed by atoms with E-state index in [9.17, 15) is 4.79 Å². The van der Waals surface area contributed by atoms with Crippen LogP contribution in [0.2, 0.25) is 0 Å². The zero-order valence-corrected chi connectivity index (χ0v) is 9.16. The summed E-state index contributed by atoms with van der Waals surface area (Å²) in [5.41, 5.74) is 1.06. The fourth-order valence-electron chi connectivity index (χ4n) is 0.861. The van der Waals surface area contributed by atoms with Crippen molar-refractivity contribution >= 4 is 22.4 Å². The maximum atomic E-state index is 10.7. The molecule has 1 aromatic rings. The fraction of sp³-hybridized carbons (Fsp3) is 0.556. The summed E-state index contributed by atoms with van der Waals surface area (Å²) >= 11 is 1.32. The zero-order chi connectivity index (χ0) is 10.1. The van der Waals surface area contributed by atoms with Crippen LogP contribution in [-0.4, -0.2) is 10.3 Å². The van der Waals surface area contributed by atoms with Gasteiger partial charge in [0.15, 0.2) is 0 Å². The lowest BCUT2D eigenvalue weighted by atomic mass is 9.92. The smallest absolute Gasteiger partial charge is 0.221 e. The standard InChI is InChI=1S/C9H14N2OS/c1-6(12)10-8-5-7(11-13-8)9(2,3)4/h5H,1-4H3,(H,10,12). The SMILES string of the molecule is CC(=O)Nc1cc(C(C)(C)C)ns1. The first-order valence-corrected chi connectivity index (χ1v) is 4.92. The van der Waals surface area contributed by atoms with Crippen molar-refractivity contribution in [2.24, 2.45) is 0 Å².